The summed E-state index contributed by atoms with van der Waals surface area (Å²) in [4.78, 5) is 23.4. The van der Waals surface area contributed by atoms with Gasteiger partial charge in [0.25, 0.3) is 0 Å². The number of hydrogen-bond acceptors (Lipinski definition) is 5. The lowest BCUT2D eigenvalue weighted by atomic mass is 10.2. The fourth-order valence-electron chi connectivity index (χ4n) is 1.50. The summed E-state index contributed by atoms with van der Waals surface area (Å²) in [6.07, 6.45) is 0. The van der Waals surface area contributed by atoms with Crippen LogP contribution in [-0.2, 0) is 4.74 Å². The van der Waals surface area contributed by atoms with Crippen molar-refractivity contribution >= 4 is 43.8 Å². The van der Waals surface area contributed by atoms with E-state index < -0.39 is 11.9 Å². The zero-order valence-corrected chi connectivity index (χ0v) is 14.1. The zero-order valence-electron chi connectivity index (χ0n) is 10.9. The second kappa shape index (κ2) is 6.91. The van der Waals surface area contributed by atoms with Crippen molar-refractivity contribution in [1.82, 2.24) is 0 Å². The van der Waals surface area contributed by atoms with Gasteiger partial charge in [0.1, 0.15) is 5.75 Å². The van der Waals surface area contributed by atoms with Crippen molar-refractivity contribution in [3.63, 3.8) is 0 Å². The molecular formula is C14H10Br2O5. The number of halogens is 2. The number of benzene rings is 1. The Bertz CT molecular complexity index is 678. The maximum Gasteiger partial charge on any atom is 0.379 e. The van der Waals surface area contributed by atoms with Gasteiger partial charge >= 0.3 is 11.9 Å². The van der Waals surface area contributed by atoms with Crippen molar-refractivity contribution in [3.8, 4) is 5.75 Å². The highest BCUT2D eigenvalue weighted by Gasteiger charge is 2.16. The van der Waals surface area contributed by atoms with Gasteiger partial charge in [0, 0.05) is 0 Å². The molecule has 1 aromatic carbocycles. The van der Waals surface area contributed by atoms with Gasteiger partial charge in [-0.25, -0.2) is 9.59 Å². The summed E-state index contributed by atoms with van der Waals surface area (Å²) < 4.78 is 16.1. The molecule has 0 fully saturated rings. The Labute approximate surface area is 137 Å². The van der Waals surface area contributed by atoms with Crippen molar-refractivity contribution in [2.45, 2.75) is 6.92 Å². The number of esters is 2. The van der Waals surface area contributed by atoms with Crippen LogP contribution in [0.2, 0.25) is 0 Å². The van der Waals surface area contributed by atoms with Gasteiger partial charge in [-0.05, 0) is 69.1 Å². The van der Waals surface area contributed by atoms with Crippen molar-refractivity contribution < 1.29 is 23.5 Å². The Kier molecular flexibility index (Phi) is 5.19. The van der Waals surface area contributed by atoms with Crippen LogP contribution in [0.4, 0.5) is 0 Å². The van der Waals surface area contributed by atoms with E-state index in [9.17, 15) is 9.59 Å². The number of hydrogen-bond donors (Lipinski definition) is 0. The average Bonchev–Trinajstić information content (AvgIpc) is 2.88. The molecule has 0 aliphatic rings. The summed E-state index contributed by atoms with van der Waals surface area (Å²) in [6.45, 7) is 2.02. The number of carbonyl (C=O) groups is 2. The van der Waals surface area contributed by atoms with Crippen molar-refractivity contribution in [1.29, 1.82) is 0 Å². The van der Waals surface area contributed by atoms with E-state index in [2.05, 4.69) is 31.9 Å². The van der Waals surface area contributed by atoms with Crippen LogP contribution in [-0.4, -0.2) is 18.5 Å². The Morgan fingerprint density at radius 3 is 2.48 bits per heavy atom. The van der Waals surface area contributed by atoms with Gasteiger partial charge in [0.15, 0.2) is 4.67 Å². The third-order valence-corrected chi connectivity index (χ3v) is 3.47. The van der Waals surface area contributed by atoms with Crippen molar-refractivity contribution in [3.05, 3.63) is 50.8 Å². The van der Waals surface area contributed by atoms with Gasteiger partial charge in [-0.3, -0.25) is 0 Å². The summed E-state index contributed by atoms with van der Waals surface area (Å²) >= 11 is 6.35. The van der Waals surface area contributed by atoms with Crippen LogP contribution in [0, 0.1) is 0 Å². The van der Waals surface area contributed by atoms with E-state index in [1.54, 1.807) is 13.0 Å². The molecule has 0 saturated carbocycles. The molecule has 110 valence electrons. The first-order valence-corrected chi connectivity index (χ1v) is 7.54. The van der Waals surface area contributed by atoms with Crippen molar-refractivity contribution in [2.75, 3.05) is 6.61 Å². The molecule has 2 rings (SSSR count). The predicted octanol–water partition coefficient (Wildman–Crippen LogP) is 4.20. The van der Waals surface area contributed by atoms with Crippen LogP contribution < -0.4 is 4.74 Å². The molecule has 0 N–H and O–H groups in total. The molecule has 2 aromatic rings. The topological polar surface area (TPSA) is 65.7 Å². The van der Waals surface area contributed by atoms with Gasteiger partial charge in [-0.1, -0.05) is 0 Å². The molecule has 0 atom stereocenters. The molecule has 0 aliphatic heterocycles. The molecule has 0 radical (unpaired) electrons. The summed E-state index contributed by atoms with van der Waals surface area (Å²) in [6, 6.07) is 7.64. The lowest BCUT2D eigenvalue weighted by Gasteiger charge is -2.07. The zero-order chi connectivity index (χ0) is 15.4. The van der Waals surface area contributed by atoms with Crippen LogP contribution in [0.15, 0.2) is 43.9 Å². The Balaban J connectivity index is 2.14. The Morgan fingerprint density at radius 2 is 1.90 bits per heavy atom. The van der Waals surface area contributed by atoms with Crippen LogP contribution in [0.3, 0.4) is 0 Å². The number of rotatable bonds is 4. The van der Waals surface area contributed by atoms with Gasteiger partial charge in [0.2, 0.25) is 5.76 Å². The molecule has 0 bridgehead atoms. The quantitative estimate of drug-likeness (QED) is 0.550. The SMILES string of the molecule is CCOC(=O)c1ccc(OC(=O)c2ccc(Br)o2)c(Br)c1. The highest BCUT2D eigenvalue weighted by molar-refractivity contribution is 9.10. The van der Waals surface area contributed by atoms with E-state index in [0.717, 1.165) is 0 Å². The minimum atomic E-state index is -0.634. The van der Waals surface area contributed by atoms with Crippen LogP contribution in [0.25, 0.3) is 0 Å². The summed E-state index contributed by atoms with van der Waals surface area (Å²) in [7, 11) is 0. The number of furan rings is 1. The number of carbonyl (C=O) groups excluding carboxylic acids is 2. The molecule has 21 heavy (non-hydrogen) atoms. The monoisotopic (exact) mass is 416 g/mol. The average molecular weight is 418 g/mol. The first kappa shape index (κ1) is 15.8. The normalized spacial score (nSPS) is 10.2. The van der Waals surface area contributed by atoms with Gasteiger partial charge < -0.3 is 13.9 Å². The fraction of sp³-hybridized carbons (Fsp3) is 0.143. The van der Waals surface area contributed by atoms with E-state index in [0.29, 0.717) is 21.3 Å². The fourth-order valence-corrected chi connectivity index (χ4v) is 2.27. The standard InChI is InChI=1S/C14H10Br2O5/c1-2-19-13(17)8-3-4-10(9(15)7-8)21-14(18)11-5-6-12(16)20-11/h3-7H,2H2,1H3. The summed E-state index contributed by atoms with van der Waals surface area (Å²) in [5.74, 6) is -0.722. The van der Waals surface area contributed by atoms with E-state index in [1.165, 1.54) is 24.3 Å². The summed E-state index contributed by atoms with van der Waals surface area (Å²) in [5.41, 5.74) is 0.365. The molecule has 0 unspecified atom stereocenters. The van der Waals surface area contributed by atoms with Gasteiger partial charge in [0.05, 0.1) is 16.6 Å². The van der Waals surface area contributed by atoms with E-state index in [-0.39, 0.29) is 11.5 Å². The Hall–Kier alpha value is -1.60. The molecular weight excluding hydrogens is 408 g/mol. The predicted molar refractivity (Wildman–Crippen MR) is 81.5 cm³/mol. The van der Waals surface area contributed by atoms with E-state index in [1.807, 2.05) is 0 Å². The van der Waals surface area contributed by atoms with E-state index >= 15 is 0 Å². The third-order valence-electron chi connectivity index (χ3n) is 2.42. The largest absolute Gasteiger partial charge is 0.462 e. The molecule has 7 heteroatoms. The first-order valence-electron chi connectivity index (χ1n) is 5.95. The lowest BCUT2D eigenvalue weighted by Crippen LogP contribution is -2.09. The maximum atomic E-state index is 11.9. The van der Waals surface area contributed by atoms with Crippen LogP contribution in [0.1, 0.15) is 27.8 Å². The first-order chi connectivity index (χ1) is 10.0. The second-order valence-corrected chi connectivity index (χ2v) is 5.49. The molecule has 1 aromatic heterocycles. The molecule has 0 saturated heterocycles. The highest BCUT2D eigenvalue weighted by Crippen LogP contribution is 2.27. The number of ether oxygens (including phenoxy) is 2. The molecule has 0 amide bonds. The molecule has 1 heterocycles. The van der Waals surface area contributed by atoms with E-state index in [4.69, 9.17) is 13.9 Å². The van der Waals surface area contributed by atoms with Gasteiger partial charge in [-0.15, -0.1) is 0 Å². The molecule has 0 spiro atoms. The lowest BCUT2D eigenvalue weighted by molar-refractivity contribution is 0.0526. The minimum Gasteiger partial charge on any atom is -0.462 e. The minimum absolute atomic E-state index is 0.0724. The van der Waals surface area contributed by atoms with Crippen LogP contribution in [0.5, 0.6) is 5.75 Å². The highest BCUT2D eigenvalue weighted by atomic mass is 79.9. The van der Waals surface area contributed by atoms with Gasteiger partial charge in [-0.2, -0.15) is 0 Å². The van der Waals surface area contributed by atoms with Crippen LogP contribution >= 0.6 is 31.9 Å². The second-order valence-electron chi connectivity index (χ2n) is 3.86. The molecule has 0 aliphatic carbocycles. The smallest absolute Gasteiger partial charge is 0.379 e. The van der Waals surface area contributed by atoms with Crippen molar-refractivity contribution in [2.24, 2.45) is 0 Å². The third kappa shape index (κ3) is 3.95. The molecule has 5 nitrogen and oxygen atoms in total. The summed E-state index contributed by atoms with van der Waals surface area (Å²) in [5, 5.41) is 0. The Morgan fingerprint density at radius 1 is 1.14 bits per heavy atom. The maximum absolute atomic E-state index is 11.9.